The number of halogens is 1. The Kier molecular flexibility index (Phi) is 9.42. The van der Waals surface area contributed by atoms with Gasteiger partial charge in [-0.15, -0.1) is 0 Å². The van der Waals surface area contributed by atoms with Crippen LogP contribution in [-0.4, -0.2) is 56.6 Å². The maximum atomic E-state index is 10.4. The maximum Gasteiger partial charge on any atom is 0.119 e. The fourth-order valence-electron chi connectivity index (χ4n) is 2.73. The Morgan fingerprint density at radius 2 is 1.67 bits per heavy atom. The number of aliphatic hydroxyl groups excluding tert-OH is 1. The van der Waals surface area contributed by atoms with Gasteiger partial charge in [0.15, 0.2) is 0 Å². The molecule has 5 nitrogen and oxygen atoms in total. The Bertz CT molecular complexity index is 648. The molecule has 148 valence electrons. The molecule has 1 N–H and O–H groups in total. The molecule has 0 saturated heterocycles. The predicted octanol–water partition coefficient (Wildman–Crippen LogP) is 3.63. The van der Waals surface area contributed by atoms with Crippen LogP contribution in [0.25, 0.3) is 0 Å². The molecule has 0 aliphatic rings. The fraction of sp³-hybridized carbons (Fsp3) is 0.429. The quantitative estimate of drug-likeness (QED) is 0.558. The zero-order valence-corrected chi connectivity index (χ0v) is 16.7. The van der Waals surface area contributed by atoms with Crippen molar-refractivity contribution in [3.8, 4) is 11.5 Å². The maximum absolute atomic E-state index is 10.4. The Morgan fingerprint density at radius 1 is 1.00 bits per heavy atom. The fourth-order valence-corrected chi connectivity index (χ4v) is 2.86. The van der Waals surface area contributed by atoms with Gasteiger partial charge in [0.05, 0.1) is 7.11 Å². The highest BCUT2D eigenvalue weighted by molar-refractivity contribution is 6.30. The summed E-state index contributed by atoms with van der Waals surface area (Å²) in [5.74, 6) is 1.53. The highest BCUT2D eigenvalue weighted by Crippen LogP contribution is 2.16. The molecule has 0 aliphatic carbocycles. The van der Waals surface area contributed by atoms with Crippen molar-refractivity contribution in [1.82, 2.24) is 4.90 Å². The standard InChI is InChI=1S/C21H28ClNO4/c1-25-13-3-12-23(14-17-4-8-20(26-2)9-5-17)15-19(24)16-27-21-10-6-18(22)7-11-21/h4-11,19,24H,3,12-16H2,1-2H3. The van der Waals surface area contributed by atoms with E-state index >= 15 is 0 Å². The number of methoxy groups -OCH3 is 2. The van der Waals surface area contributed by atoms with E-state index in [0.29, 0.717) is 23.9 Å². The summed E-state index contributed by atoms with van der Waals surface area (Å²) in [5.41, 5.74) is 1.17. The molecule has 0 radical (unpaired) electrons. The molecule has 0 bridgehead atoms. The summed E-state index contributed by atoms with van der Waals surface area (Å²) >= 11 is 5.87. The Balaban J connectivity index is 1.88. The summed E-state index contributed by atoms with van der Waals surface area (Å²) in [7, 11) is 3.35. The summed E-state index contributed by atoms with van der Waals surface area (Å²) < 4.78 is 16.0. The lowest BCUT2D eigenvalue weighted by Gasteiger charge is -2.25. The van der Waals surface area contributed by atoms with Crippen LogP contribution < -0.4 is 9.47 Å². The van der Waals surface area contributed by atoms with Crippen molar-refractivity contribution < 1.29 is 19.3 Å². The molecule has 0 saturated carbocycles. The minimum Gasteiger partial charge on any atom is -0.497 e. The van der Waals surface area contributed by atoms with Crippen LogP contribution in [0, 0.1) is 0 Å². The molecule has 0 aliphatic heterocycles. The molecule has 2 rings (SSSR count). The summed E-state index contributed by atoms with van der Waals surface area (Å²) in [6.45, 7) is 3.01. The van der Waals surface area contributed by atoms with Crippen LogP contribution in [0.5, 0.6) is 11.5 Å². The average molecular weight is 394 g/mol. The van der Waals surface area contributed by atoms with Crippen molar-refractivity contribution in [3.63, 3.8) is 0 Å². The van der Waals surface area contributed by atoms with Gasteiger partial charge >= 0.3 is 0 Å². The largest absolute Gasteiger partial charge is 0.497 e. The van der Waals surface area contributed by atoms with Crippen LogP contribution in [0.4, 0.5) is 0 Å². The predicted molar refractivity (Wildman–Crippen MR) is 108 cm³/mol. The zero-order valence-electron chi connectivity index (χ0n) is 15.9. The molecule has 2 aromatic carbocycles. The summed E-state index contributed by atoms with van der Waals surface area (Å²) in [4.78, 5) is 2.21. The molecule has 2 aromatic rings. The lowest BCUT2D eigenvalue weighted by atomic mass is 10.2. The van der Waals surface area contributed by atoms with Crippen molar-refractivity contribution in [2.24, 2.45) is 0 Å². The third-order valence-corrected chi connectivity index (χ3v) is 4.36. The minimum atomic E-state index is -0.596. The summed E-state index contributed by atoms with van der Waals surface area (Å²) in [6.07, 6.45) is 0.304. The van der Waals surface area contributed by atoms with Gasteiger partial charge < -0.3 is 19.3 Å². The zero-order chi connectivity index (χ0) is 19.5. The molecule has 0 aromatic heterocycles. The van der Waals surface area contributed by atoms with E-state index in [0.717, 1.165) is 25.3 Å². The Hall–Kier alpha value is -1.79. The average Bonchev–Trinajstić information content (AvgIpc) is 2.68. The third-order valence-electron chi connectivity index (χ3n) is 4.11. The highest BCUT2D eigenvalue weighted by atomic mass is 35.5. The van der Waals surface area contributed by atoms with E-state index in [1.165, 1.54) is 5.56 Å². The first-order valence-electron chi connectivity index (χ1n) is 9.01. The first-order valence-corrected chi connectivity index (χ1v) is 9.39. The smallest absolute Gasteiger partial charge is 0.119 e. The van der Waals surface area contributed by atoms with Crippen LogP contribution in [0.2, 0.25) is 5.02 Å². The number of rotatable bonds is 12. The van der Waals surface area contributed by atoms with Gasteiger partial charge in [0.1, 0.15) is 24.2 Å². The highest BCUT2D eigenvalue weighted by Gasteiger charge is 2.13. The molecule has 0 fully saturated rings. The van der Waals surface area contributed by atoms with E-state index in [-0.39, 0.29) is 6.61 Å². The number of hydrogen-bond donors (Lipinski definition) is 1. The lowest BCUT2D eigenvalue weighted by Crippen LogP contribution is -2.36. The molecular weight excluding hydrogens is 366 g/mol. The molecule has 6 heteroatoms. The summed E-state index contributed by atoms with van der Waals surface area (Å²) in [6, 6.07) is 15.1. The van der Waals surface area contributed by atoms with Crippen molar-refractivity contribution in [2.75, 3.05) is 40.5 Å². The van der Waals surface area contributed by atoms with Crippen LogP contribution in [0.15, 0.2) is 48.5 Å². The lowest BCUT2D eigenvalue weighted by molar-refractivity contribution is 0.0617. The molecular formula is C21H28ClNO4. The normalized spacial score (nSPS) is 12.2. The third kappa shape index (κ3) is 8.18. The number of hydrogen-bond acceptors (Lipinski definition) is 5. The number of nitrogens with zero attached hydrogens (tertiary/aromatic N) is 1. The Labute approximate surface area is 166 Å². The van der Waals surface area contributed by atoms with Crippen molar-refractivity contribution in [2.45, 2.75) is 19.1 Å². The second kappa shape index (κ2) is 11.8. The van der Waals surface area contributed by atoms with E-state index < -0.39 is 6.10 Å². The molecule has 0 amide bonds. The minimum absolute atomic E-state index is 0.227. The topological polar surface area (TPSA) is 51.2 Å². The molecule has 0 heterocycles. The van der Waals surface area contributed by atoms with Crippen LogP contribution in [0.1, 0.15) is 12.0 Å². The van der Waals surface area contributed by atoms with Crippen molar-refractivity contribution >= 4 is 11.6 Å². The molecule has 1 atom stereocenters. The second-order valence-corrected chi connectivity index (χ2v) is 6.78. The van der Waals surface area contributed by atoms with E-state index in [4.69, 9.17) is 25.8 Å². The van der Waals surface area contributed by atoms with E-state index in [1.54, 1.807) is 38.5 Å². The molecule has 27 heavy (non-hydrogen) atoms. The first kappa shape index (κ1) is 21.5. The van der Waals surface area contributed by atoms with E-state index in [1.807, 2.05) is 24.3 Å². The first-order chi connectivity index (χ1) is 13.1. The van der Waals surface area contributed by atoms with E-state index in [2.05, 4.69) is 4.90 Å². The second-order valence-electron chi connectivity index (χ2n) is 6.35. The number of benzene rings is 2. The van der Waals surface area contributed by atoms with Gasteiger partial charge in [-0.1, -0.05) is 23.7 Å². The van der Waals surface area contributed by atoms with Gasteiger partial charge in [0.2, 0.25) is 0 Å². The van der Waals surface area contributed by atoms with Gasteiger partial charge in [-0.25, -0.2) is 0 Å². The molecule has 1 unspecified atom stereocenters. The van der Waals surface area contributed by atoms with Gasteiger partial charge in [-0.3, -0.25) is 4.90 Å². The SMILES string of the molecule is COCCCN(Cc1ccc(OC)cc1)CC(O)COc1ccc(Cl)cc1. The van der Waals surface area contributed by atoms with Gasteiger partial charge in [0, 0.05) is 38.4 Å². The Morgan fingerprint density at radius 3 is 2.30 bits per heavy atom. The van der Waals surface area contributed by atoms with Crippen molar-refractivity contribution in [1.29, 1.82) is 0 Å². The number of aliphatic hydroxyl groups is 1. The molecule has 0 spiro atoms. The van der Waals surface area contributed by atoms with Gasteiger partial charge in [-0.2, -0.15) is 0 Å². The van der Waals surface area contributed by atoms with Crippen LogP contribution in [0.3, 0.4) is 0 Å². The van der Waals surface area contributed by atoms with Crippen LogP contribution >= 0.6 is 11.6 Å². The van der Waals surface area contributed by atoms with E-state index in [9.17, 15) is 5.11 Å². The monoisotopic (exact) mass is 393 g/mol. The van der Waals surface area contributed by atoms with Crippen molar-refractivity contribution in [3.05, 3.63) is 59.1 Å². The van der Waals surface area contributed by atoms with Gasteiger partial charge in [-0.05, 0) is 48.4 Å². The van der Waals surface area contributed by atoms with Crippen LogP contribution in [-0.2, 0) is 11.3 Å². The van der Waals surface area contributed by atoms with Gasteiger partial charge in [0.25, 0.3) is 0 Å². The summed E-state index contributed by atoms with van der Waals surface area (Å²) in [5, 5.41) is 11.1. The number of ether oxygens (including phenoxy) is 3.